The Labute approximate surface area is 500 Å². The number of unbranched alkanes of at least 4 members (excludes halogenated alkanes) is 53. The first-order chi connectivity index (χ1) is 39.5. The molecule has 0 spiro atoms. The Morgan fingerprint density at radius 1 is 0.237 bits per heavy atom. The second kappa shape index (κ2) is 69.4. The van der Waals surface area contributed by atoms with Crippen LogP contribution in [-0.2, 0) is 28.6 Å². The largest absolute Gasteiger partial charge is 0.462 e. The lowest BCUT2D eigenvalue weighted by Gasteiger charge is -2.18. The molecule has 1 unspecified atom stereocenters. The highest BCUT2D eigenvalue weighted by Gasteiger charge is 2.19. The van der Waals surface area contributed by atoms with Gasteiger partial charge in [0.2, 0.25) is 0 Å². The summed E-state index contributed by atoms with van der Waals surface area (Å²) in [6, 6.07) is 0. The molecule has 0 aromatic rings. The van der Waals surface area contributed by atoms with Crippen LogP contribution in [0.1, 0.15) is 412 Å². The molecule has 0 rings (SSSR count). The molecular weight excluding hydrogens is 985 g/mol. The van der Waals surface area contributed by atoms with Gasteiger partial charge in [-0.1, -0.05) is 347 Å². The van der Waals surface area contributed by atoms with Crippen LogP contribution in [0.4, 0.5) is 0 Å². The van der Waals surface area contributed by atoms with Gasteiger partial charge in [0.1, 0.15) is 13.2 Å². The fourth-order valence-corrected chi connectivity index (χ4v) is 11.2. The van der Waals surface area contributed by atoms with Crippen molar-refractivity contribution >= 4 is 17.9 Å². The van der Waals surface area contributed by atoms with Gasteiger partial charge in [0.15, 0.2) is 6.10 Å². The number of ether oxygens (including phenoxy) is 3. The highest BCUT2D eigenvalue weighted by molar-refractivity contribution is 5.71. The normalized spacial score (nSPS) is 12.1. The molecule has 0 aromatic carbocycles. The smallest absolute Gasteiger partial charge is 0.306 e. The molecule has 0 saturated carbocycles. The maximum atomic E-state index is 12.9. The molecule has 0 amide bonds. The van der Waals surface area contributed by atoms with Gasteiger partial charge in [0, 0.05) is 19.3 Å². The van der Waals surface area contributed by atoms with E-state index < -0.39 is 6.10 Å². The van der Waals surface area contributed by atoms with E-state index in [4.69, 9.17) is 14.2 Å². The Kier molecular flexibility index (Phi) is 67.6. The van der Waals surface area contributed by atoms with Gasteiger partial charge in [0.25, 0.3) is 0 Å². The summed E-state index contributed by atoms with van der Waals surface area (Å²) < 4.78 is 17.0. The number of esters is 3. The number of carbonyl (C=O) groups excluding carboxylic acids is 3. The summed E-state index contributed by atoms with van der Waals surface area (Å²) in [5.74, 6) is -0.862. The van der Waals surface area contributed by atoms with Crippen molar-refractivity contribution in [3.63, 3.8) is 0 Å². The molecule has 0 fully saturated rings. The minimum Gasteiger partial charge on any atom is -0.462 e. The van der Waals surface area contributed by atoms with E-state index in [0.29, 0.717) is 19.3 Å². The van der Waals surface area contributed by atoms with Crippen LogP contribution in [0, 0.1) is 0 Å². The van der Waals surface area contributed by atoms with E-state index in [-0.39, 0.29) is 31.1 Å². The van der Waals surface area contributed by atoms with Crippen molar-refractivity contribution in [2.45, 2.75) is 419 Å². The van der Waals surface area contributed by atoms with Crippen LogP contribution < -0.4 is 0 Å². The fourth-order valence-electron chi connectivity index (χ4n) is 11.2. The third kappa shape index (κ3) is 66.7. The first kappa shape index (κ1) is 77.9. The van der Waals surface area contributed by atoms with E-state index in [1.54, 1.807) is 0 Å². The molecule has 80 heavy (non-hydrogen) atoms. The molecule has 6 nitrogen and oxygen atoms in total. The Morgan fingerprint density at radius 2 is 0.412 bits per heavy atom. The second-order valence-electron chi connectivity index (χ2n) is 24.9. The van der Waals surface area contributed by atoms with Crippen molar-refractivity contribution in [2.75, 3.05) is 13.2 Å². The highest BCUT2D eigenvalue weighted by Crippen LogP contribution is 2.19. The van der Waals surface area contributed by atoms with E-state index in [1.165, 1.54) is 302 Å². The molecule has 1 atom stereocenters. The van der Waals surface area contributed by atoms with Gasteiger partial charge in [-0.3, -0.25) is 14.4 Å². The van der Waals surface area contributed by atoms with E-state index in [2.05, 4.69) is 45.1 Å². The highest BCUT2D eigenvalue weighted by atomic mass is 16.6. The van der Waals surface area contributed by atoms with Crippen LogP contribution in [0.15, 0.2) is 24.3 Å². The number of allylic oxidation sites excluding steroid dienone is 4. The first-order valence-corrected chi connectivity index (χ1v) is 36.3. The minimum atomic E-state index is -0.777. The lowest BCUT2D eigenvalue weighted by Crippen LogP contribution is -2.30. The van der Waals surface area contributed by atoms with Gasteiger partial charge in [-0.15, -0.1) is 0 Å². The predicted octanol–water partition coefficient (Wildman–Crippen LogP) is 25.0. The van der Waals surface area contributed by atoms with Crippen LogP contribution in [0.5, 0.6) is 0 Å². The monoisotopic (exact) mass is 1130 g/mol. The summed E-state index contributed by atoms with van der Waals surface area (Å²) in [4.78, 5) is 38.3. The van der Waals surface area contributed by atoms with Crippen LogP contribution >= 0.6 is 0 Å². The quantitative estimate of drug-likeness (QED) is 0.0261. The molecule has 0 heterocycles. The van der Waals surface area contributed by atoms with E-state index >= 15 is 0 Å². The van der Waals surface area contributed by atoms with E-state index in [9.17, 15) is 14.4 Å². The lowest BCUT2D eigenvalue weighted by atomic mass is 10.0. The lowest BCUT2D eigenvalue weighted by molar-refractivity contribution is -0.167. The zero-order valence-corrected chi connectivity index (χ0v) is 54.4. The van der Waals surface area contributed by atoms with Gasteiger partial charge in [-0.2, -0.15) is 0 Å². The van der Waals surface area contributed by atoms with Crippen molar-refractivity contribution in [1.29, 1.82) is 0 Å². The fraction of sp³-hybridized carbons (Fsp3) is 0.905. The summed E-state index contributed by atoms with van der Waals surface area (Å²) in [6.07, 6.45) is 85.2. The number of carbonyl (C=O) groups is 3. The number of rotatable bonds is 68. The van der Waals surface area contributed by atoms with Gasteiger partial charge in [-0.05, 0) is 70.6 Å². The number of hydrogen-bond donors (Lipinski definition) is 0. The minimum absolute atomic E-state index is 0.0723. The van der Waals surface area contributed by atoms with Crippen molar-refractivity contribution in [3.8, 4) is 0 Å². The first-order valence-electron chi connectivity index (χ1n) is 36.3. The summed E-state index contributed by atoms with van der Waals surface area (Å²) >= 11 is 0. The van der Waals surface area contributed by atoms with Gasteiger partial charge in [-0.25, -0.2) is 0 Å². The van der Waals surface area contributed by atoms with Gasteiger partial charge >= 0.3 is 17.9 Å². The SMILES string of the molecule is CCCCCC/C=C\CCCCCCCC(=O)OCC(COC(=O)CCCCCCCCCCCCCCCCCCCCCCCCCCCCCCCCCCC)OC(=O)CCCCCCC/C=C\CCCCCCCCC. The van der Waals surface area contributed by atoms with Crippen LogP contribution in [0.25, 0.3) is 0 Å². The van der Waals surface area contributed by atoms with Crippen LogP contribution in [0.3, 0.4) is 0 Å². The van der Waals surface area contributed by atoms with E-state index in [1.807, 2.05) is 0 Å². The van der Waals surface area contributed by atoms with Crippen molar-refractivity contribution < 1.29 is 28.6 Å². The maximum absolute atomic E-state index is 12.9. The molecule has 0 N–H and O–H groups in total. The Bertz CT molecular complexity index is 1290. The van der Waals surface area contributed by atoms with Gasteiger partial charge in [0.05, 0.1) is 0 Å². The topological polar surface area (TPSA) is 78.9 Å². The molecular formula is C74H140O6. The van der Waals surface area contributed by atoms with Gasteiger partial charge < -0.3 is 14.2 Å². The average molecular weight is 1130 g/mol. The summed E-state index contributed by atoms with van der Waals surface area (Å²) in [7, 11) is 0. The molecule has 0 aliphatic rings. The van der Waals surface area contributed by atoms with Crippen molar-refractivity contribution in [3.05, 3.63) is 24.3 Å². The standard InChI is InChI=1S/C74H140O6/c1-4-7-10-13-16-19-22-25-27-29-30-31-32-33-34-35-36-37-38-39-40-41-42-43-44-45-47-49-52-55-58-61-64-67-73(76)79-70-71(69-78-72(75)66-63-60-57-54-51-48-24-21-18-15-12-9-6-3)80-74(77)68-65-62-59-56-53-50-46-28-26-23-20-17-14-11-8-5-2/h21,24,28,46,71H,4-20,22-23,25-27,29-45,47-70H2,1-3H3/b24-21-,46-28-. The third-order valence-electron chi connectivity index (χ3n) is 16.7. The Balaban J connectivity index is 4.08. The molecule has 472 valence electrons. The molecule has 6 heteroatoms. The summed E-state index contributed by atoms with van der Waals surface area (Å²) in [5.41, 5.74) is 0. The zero-order valence-electron chi connectivity index (χ0n) is 54.4. The zero-order chi connectivity index (χ0) is 57.8. The summed E-state index contributed by atoms with van der Waals surface area (Å²) in [5, 5.41) is 0. The Hall–Kier alpha value is -2.11. The van der Waals surface area contributed by atoms with Crippen LogP contribution in [0.2, 0.25) is 0 Å². The molecule has 0 bridgehead atoms. The van der Waals surface area contributed by atoms with Crippen molar-refractivity contribution in [1.82, 2.24) is 0 Å². The maximum Gasteiger partial charge on any atom is 0.306 e. The molecule has 0 aromatic heterocycles. The molecule has 0 saturated heterocycles. The predicted molar refractivity (Wildman–Crippen MR) is 349 cm³/mol. The molecule has 0 aliphatic carbocycles. The molecule has 0 aliphatic heterocycles. The van der Waals surface area contributed by atoms with Crippen LogP contribution in [-0.4, -0.2) is 37.2 Å². The molecule has 0 radical (unpaired) electrons. The number of hydrogen-bond acceptors (Lipinski definition) is 6. The summed E-state index contributed by atoms with van der Waals surface area (Å²) in [6.45, 7) is 6.68. The third-order valence-corrected chi connectivity index (χ3v) is 16.7. The second-order valence-corrected chi connectivity index (χ2v) is 24.9. The van der Waals surface area contributed by atoms with Crippen molar-refractivity contribution in [2.24, 2.45) is 0 Å². The Morgan fingerprint density at radius 3 is 0.637 bits per heavy atom. The average Bonchev–Trinajstić information content (AvgIpc) is 3.46. The van der Waals surface area contributed by atoms with E-state index in [0.717, 1.165) is 70.6 Å².